The van der Waals surface area contributed by atoms with Crippen molar-refractivity contribution in [1.29, 1.82) is 0 Å². The number of ether oxygens (including phenoxy) is 1. The molecule has 72 valence electrons. The first kappa shape index (κ1) is 11.4. The van der Waals surface area contributed by atoms with Crippen molar-refractivity contribution in [3.05, 3.63) is 11.9 Å². The van der Waals surface area contributed by atoms with Crippen molar-refractivity contribution < 1.29 is 9.53 Å². The number of nitrogens with two attached hydrogens (primary N) is 1. The monoisotopic (exact) mass is 204 g/mol. The van der Waals surface area contributed by atoms with Crippen LogP contribution in [0.25, 0.3) is 6.08 Å². The first-order chi connectivity index (χ1) is 5.72. The maximum atomic E-state index is 10.6. The van der Waals surface area contributed by atoms with Gasteiger partial charge in [0.15, 0.2) is 5.82 Å². The summed E-state index contributed by atoms with van der Waals surface area (Å²) in [4.78, 5) is 14.3. The lowest BCUT2D eigenvalue weighted by Crippen LogP contribution is -1.93. The largest absolute Gasteiger partial charge is 0.466 e. The molecule has 6 nitrogen and oxygen atoms in total. The topological polar surface area (TPSA) is 93.9 Å². The van der Waals surface area contributed by atoms with Gasteiger partial charge in [0, 0.05) is 6.08 Å². The molecule has 0 fully saturated rings. The van der Waals surface area contributed by atoms with E-state index in [1.54, 1.807) is 0 Å². The van der Waals surface area contributed by atoms with E-state index in [0.717, 1.165) is 0 Å². The fourth-order valence-electron chi connectivity index (χ4n) is 0.578. The first-order valence-corrected chi connectivity index (χ1v) is 3.16. The van der Waals surface area contributed by atoms with Gasteiger partial charge in [0.05, 0.1) is 7.11 Å². The number of methoxy groups -OCH3 is 1. The molecule has 0 atom stereocenters. The summed E-state index contributed by atoms with van der Waals surface area (Å²) in [5.74, 6) is 0.0994. The van der Waals surface area contributed by atoms with E-state index in [1.165, 1.54) is 19.3 Å². The maximum absolute atomic E-state index is 10.6. The average molecular weight is 205 g/mol. The van der Waals surface area contributed by atoms with Crippen LogP contribution in [0.1, 0.15) is 5.82 Å². The molecule has 3 N–H and O–H groups in total. The predicted molar refractivity (Wildman–Crippen MR) is 49.1 cm³/mol. The highest BCUT2D eigenvalue weighted by molar-refractivity contribution is 5.86. The van der Waals surface area contributed by atoms with Gasteiger partial charge < -0.3 is 10.5 Å². The van der Waals surface area contributed by atoms with Crippen LogP contribution in [0.4, 0.5) is 5.95 Å². The molecule has 0 amide bonds. The Balaban J connectivity index is 0.00000144. The van der Waals surface area contributed by atoms with E-state index in [9.17, 15) is 4.79 Å². The third-order valence-electron chi connectivity index (χ3n) is 1.10. The fourth-order valence-corrected chi connectivity index (χ4v) is 0.578. The average Bonchev–Trinajstić information content (AvgIpc) is 2.47. The summed E-state index contributed by atoms with van der Waals surface area (Å²) >= 11 is 0. The van der Waals surface area contributed by atoms with Gasteiger partial charge in [-0.3, -0.25) is 5.10 Å². The van der Waals surface area contributed by atoms with Gasteiger partial charge in [0.1, 0.15) is 0 Å². The molecule has 0 unspecified atom stereocenters. The smallest absolute Gasteiger partial charge is 0.330 e. The number of anilines is 1. The summed E-state index contributed by atoms with van der Waals surface area (Å²) in [5.41, 5.74) is 5.21. The van der Waals surface area contributed by atoms with Crippen LogP contribution >= 0.6 is 12.4 Å². The summed E-state index contributed by atoms with van der Waals surface area (Å²) in [6.07, 6.45) is 2.65. The van der Waals surface area contributed by atoms with Crippen LogP contribution < -0.4 is 5.73 Å². The maximum Gasteiger partial charge on any atom is 0.330 e. The first-order valence-electron chi connectivity index (χ1n) is 3.16. The van der Waals surface area contributed by atoms with E-state index in [0.29, 0.717) is 5.82 Å². The SMILES string of the molecule is COC(=O)C=Cc1nc(N)n[nH]1.Cl. The Morgan fingerprint density at radius 3 is 2.85 bits per heavy atom. The molecule has 1 heterocycles. The molecular formula is C6H9ClN4O2. The number of halogens is 1. The molecule has 0 bridgehead atoms. The summed E-state index contributed by atoms with van der Waals surface area (Å²) < 4.78 is 4.36. The van der Waals surface area contributed by atoms with E-state index in [2.05, 4.69) is 19.9 Å². The van der Waals surface area contributed by atoms with E-state index in [1.807, 2.05) is 0 Å². The molecule has 0 aliphatic rings. The summed E-state index contributed by atoms with van der Waals surface area (Å²) in [5, 5.41) is 6.06. The molecule has 1 aromatic heterocycles. The number of aromatic amines is 1. The highest BCUT2D eigenvalue weighted by atomic mass is 35.5. The Morgan fingerprint density at radius 1 is 1.69 bits per heavy atom. The number of nitrogens with one attached hydrogen (secondary N) is 1. The van der Waals surface area contributed by atoms with Crippen molar-refractivity contribution >= 4 is 30.4 Å². The molecule has 0 aromatic carbocycles. The second kappa shape index (κ2) is 5.15. The van der Waals surface area contributed by atoms with Gasteiger partial charge in [-0.05, 0) is 6.08 Å². The van der Waals surface area contributed by atoms with Gasteiger partial charge in [-0.25, -0.2) is 4.79 Å². The second-order valence-electron chi connectivity index (χ2n) is 1.94. The lowest BCUT2D eigenvalue weighted by Gasteiger charge is -1.86. The zero-order valence-electron chi connectivity index (χ0n) is 6.85. The summed E-state index contributed by atoms with van der Waals surface area (Å²) in [7, 11) is 1.29. The number of H-pyrrole nitrogens is 1. The van der Waals surface area contributed by atoms with Gasteiger partial charge in [-0.15, -0.1) is 17.5 Å². The molecule has 13 heavy (non-hydrogen) atoms. The van der Waals surface area contributed by atoms with Gasteiger partial charge >= 0.3 is 5.97 Å². The van der Waals surface area contributed by atoms with E-state index < -0.39 is 5.97 Å². The number of hydrogen-bond donors (Lipinski definition) is 2. The van der Waals surface area contributed by atoms with Gasteiger partial charge in [-0.2, -0.15) is 4.98 Å². The molecule has 0 radical (unpaired) electrons. The standard InChI is InChI=1S/C6H8N4O2.ClH/c1-12-5(11)3-2-4-8-6(7)10-9-4;/h2-3H,1H3,(H3,7,8,9,10);1H. The van der Waals surface area contributed by atoms with Crippen LogP contribution in [0.15, 0.2) is 6.08 Å². The van der Waals surface area contributed by atoms with E-state index >= 15 is 0 Å². The highest BCUT2D eigenvalue weighted by Gasteiger charge is 1.95. The van der Waals surface area contributed by atoms with Crippen LogP contribution in [0.3, 0.4) is 0 Å². The molecule has 0 spiro atoms. The molecule has 1 rings (SSSR count). The van der Waals surface area contributed by atoms with Crippen molar-refractivity contribution in [2.24, 2.45) is 0 Å². The van der Waals surface area contributed by atoms with E-state index in [-0.39, 0.29) is 18.4 Å². The third-order valence-corrected chi connectivity index (χ3v) is 1.10. The van der Waals surface area contributed by atoms with Crippen molar-refractivity contribution in [1.82, 2.24) is 15.2 Å². The highest BCUT2D eigenvalue weighted by Crippen LogP contribution is 1.95. The Morgan fingerprint density at radius 2 is 2.38 bits per heavy atom. The number of aromatic nitrogens is 3. The zero-order valence-corrected chi connectivity index (χ0v) is 7.67. The van der Waals surface area contributed by atoms with Gasteiger partial charge in [0.2, 0.25) is 5.95 Å². The number of esters is 1. The van der Waals surface area contributed by atoms with Crippen molar-refractivity contribution in [3.8, 4) is 0 Å². The van der Waals surface area contributed by atoms with Crippen LogP contribution in [0.5, 0.6) is 0 Å². The minimum absolute atomic E-state index is 0. The van der Waals surface area contributed by atoms with Crippen LogP contribution in [0.2, 0.25) is 0 Å². The van der Waals surface area contributed by atoms with E-state index in [4.69, 9.17) is 5.73 Å². The fraction of sp³-hybridized carbons (Fsp3) is 0.167. The normalized spacial score (nSPS) is 9.62. The Kier molecular flexibility index (Phi) is 4.53. The minimum Gasteiger partial charge on any atom is -0.466 e. The quantitative estimate of drug-likeness (QED) is 0.522. The predicted octanol–water partition coefficient (Wildman–Crippen LogP) is -0.00510. The van der Waals surface area contributed by atoms with Crippen molar-refractivity contribution in [3.63, 3.8) is 0 Å². The van der Waals surface area contributed by atoms with Crippen LogP contribution in [-0.4, -0.2) is 28.3 Å². The minimum atomic E-state index is -0.454. The van der Waals surface area contributed by atoms with Crippen molar-refractivity contribution in [2.45, 2.75) is 0 Å². The van der Waals surface area contributed by atoms with Crippen LogP contribution in [-0.2, 0) is 9.53 Å². The number of carbonyl (C=O) groups excluding carboxylic acids is 1. The number of rotatable bonds is 2. The summed E-state index contributed by atoms with van der Waals surface area (Å²) in [6.45, 7) is 0. The van der Waals surface area contributed by atoms with Crippen molar-refractivity contribution in [2.75, 3.05) is 12.8 Å². The Bertz CT molecular complexity index is 309. The molecule has 0 aliphatic heterocycles. The molecule has 0 aliphatic carbocycles. The zero-order chi connectivity index (χ0) is 8.97. The molecule has 1 aromatic rings. The molecule has 0 saturated heterocycles. The van der Waals surface area contributed by atoms with Gasteiger partial charge in [-0.1, -0.05) is 0 Å². The second-order valence-corrected chi connectivity index (χ2v) is 1.94. The Labute approximate surface area is 80.6 Å². The summed E-state index contributed by atoms with van der Waals surface area (Å²) in [6, 6.07) is 0. The molecule has 7 heteroatoms. The number of nitrogens with zero attached hydrogens (tertiary/aromatic N) is 2. The van der Waals surface area contributed by atoms with Gasteiger partial charge in [0.25, 0.3) is 0 Å². The molecule has 0 saturated carbocycles. The number of nitrogen functional groups attached to an aromatic ring is 1. The Hall–Kier alpha value is -1.56. The number of carbonyl (C=O) groups is 1. The molecular weight excluding hydrogens is 196 g/mol. The lowest BCUT2D eigenvalue weighted by molar-refractivity contribution is -0.134. The van der Waals surface area contributed by atoms with Crippen LogP contribution in [0, 0.1) is 0 Å². The number of hydrogen-bond acceptors (Lipinski definition) is 5. The lowest BCUT2D eigenvalue weighted by atomic mass is 10.5. The third kappa shape index (κ3) is 3.57.